The van der Waals surface area contributed by atoms with Crippen molar-refractivity contribution in [2.75, 3.05) is 20.2 Å². The number of nitrogens with zero attached hydrogens (tertiary/aromatic N) is 1. The van der Waals surface area contributed by atoms with Crippen LogP contribution in [0.2, 0.25) is 0 Å². The third-order valence-electron chi connectivity index (χ3n) is 4.52. The molecule has 2 aromatic rings. The Hall–Kier alpha value is -2.53. The Bertz CT molecular complexity index is 1180. The SMILES string of the molecule is COc1cc(/C=C2\SC(=O)N(CCN)C2=O)ccc1OS(=O)(=O)c1cc(C)ccc1C.[Cl-]. The Balaban J connectivity index is 0.00000363. The molecule has 2 amide bonds. The molecular weight excluding hydrogens is 476 g/mol. The van der Waals surface area contributed by atoms with Crippen molar-refractivity contribution in [3.05, 3.63) is 58.0 Å². The summed E-state index contributed by atoms with van der Waals surface area (Å²) in [5.74, 6) is -0.238. The zero-order chi connectivity index (χ0) is 22.8. The largest absolute Gasteiger partial charge is 1.00 e. The molecule has 0 unspecified atom stereocenters. The van der Waals surface area contributed by atoms with Gasteiger partial charge in [0.15, 0.2) is 11.5 Å². The predicted molar refractivity (Wildman–Crippen MR) is 118 cm³/mol. The van der Waals surface area contributed by atoms with Gasteiger partial charge in [-0.15, -0.1) is 0 Å². The van der Waals surface area contributed by atoms with Gasteiger partial charge in [0.2, 0.25) is 0 Å². The van der Waals surface area contributed by atoms with E-state index in [1.807, 2.05) is 6.07 Å². The summed E-state index contributed by atoms with van der Waals surface area (Å²) in [5, 5.41) is -0.381. The number of nitrogens with two attached hydrogens (primary N) is 1. The molecule has 0 bridgehead atoms. The number of rotatable bonds is 7. The molecule has 1 fully saturated rings. The lowest BCUT2D eigenvalue weighted by atomic mass is 10.2. The maximum atomic E-state index is 12.8. The van der Waals surface area contributed by atoms with E-state index in [4.69, 9.17) is 14.7 Å². The molecule has 11 heteroatoms. The monoisotopic (exact) mass is 497 g/mol. The van der Waals surface area contributed by atoms with E-state index in [1.165, 1.54) is 25.3 Å². The first-order chi connectivity index (χ1) is 14.7. The molecular formula is C21H22ClN2O6S2-. The lowest BCUT2D eigenvalue weighted by Crippen LogP contribution is -3.00. The van der Waals surface area contributed by atoms with E-state index in [0.29, 0.717) is 11.1 Å². The van der Waals surface area contributed by atoms with Crippen molar-refractivity contribution in [3.63, 3.8) is 0 Å². The molecule has 2 N–H and O–H groups in total. The van der Waals surface area contributed by atoms with Crippen LogP contribution < -0.4 is 27.1 Å². The van der Waals surface area contributed by atoms with Crippen molar-refractivity contribution in [1.29, 1.82) is 0 Å². The van der Waals surface area contributed by atoms with Gasteiger partial charge >= 0.3 is 10.1 Å². The van der Waals surface area contributed by atoms with Crippen molar-refractivity contribution >= 4 is 39.1 Å². The Morgan fingerprint density at radius 2 is 1.81 bits per heavy atom. The van der Waals surface area contributed by atoms with Crippen LogP contribution in [-0.4, -0.2) is 44.7 Å². The molecule has 1 aliphatic heterocycles. The molecule has 0 spiro atoms. The molecule has 1 aliphatic rings. The highest BCUT2D eigenvalue weighted by Gasteiger charge is 2.34. The quantitative estimate of drug-likeness (QED) is 0.422. The minimum Gasteiger partial charge on any atom is -1.00 e. The van der Waals surface area contributed by atoms with Crippen molar-refractivity contribution in [1.82, 2.24) is 4.90 Å². The number of imide groups is 1. The van der Waals surface area contributed by atoms with E-state index < -0.39 is 16.0 Å². The van der Waals surface area contributed by atoms with Crippen LogP contribution in [0.3, 0.4) is 0 Å². The van der Waals surface area contributed by atoms with Crippen LogP contribution in [0.4, 0.5) is 4.79 Å². The van der Waals surface area contributed by atoms with Crippen molar-refractivity contribution in [2.24, 2.45) is 5.73 Å². The summed E-state index contributed by atoms with van der Waals surface area (Å²) in [5.41, 5.74) is 7.34. The summed E-state index contributed by atoms with van der Waals surface area (Å²) in [6.07, 6.45) is 1.53. The lowest BCUT2D eigenvalue weighted by Gasteiger charge is -2.13. The van der Waals surface area contributed by atoms with Gasteiger partial charge in [0.05, 0.1) is 12.0 Å². The number of hydrogen-bond acceptors (Lipinski definition) is 8. The number of benzene rings is 2. The van der Waals surface area contributed by atoms with Gasteiger partial charge in [0.25, 0.3) is 11.1 Å². The molecule has 3 rings (SSSR count). The molecule has 32 heavy (non-hydrogen) atoms. The molecule has 0 radical (unpaired) electrons. The fourth-order valence-corrected chi connectivity index (χ4v) is 5.08. The van der Waals surface area contributed by atoms with Crippen LogP contribution in [0, 0.1) is 13.8 Å². The number of halogens is 1. The minimum atomic E-state index is -4.08. The van der Waals surface area contributed by atoms with Gasteiger partial charge in [-0.2, -0.15) is 8.42 Å². The Morgan fingerprint density at radius 3 is 2.47 bits per heavy atom. The molecule has 2 aromatic carbocycles. The van der Waals surface area contributed by atoms with E-state index in [1.54, 1.807) is 32.0 Å². The van der Waals surface area contributed by atoms with Crippen LogP contribution in [0.1, 0.15) is 16.7 Å². The number of thioether (sulfide) groups is 1. The Labute approximate surface area is 197 Å². The summed E-state index contributed by atoms with van der Waals surface area (Å²) in [6.45, 7) is 3.81. The second kappa shape index (κ2) is 10.4. The number of aryl methyl sites for hydroxylation is 2. The molecule has 8 nitrogen and oxygen atoms in total. The third-order valence-corrected chi connectivity index (χ3v) is 6.81. The summed E-state index contributed by atoms with van der Waals surface area (Å²) in [6, 6.07) is 9.63. The van der Waals surface area contributed by atoms with Crippen LogP contribution in [-0.2, 0) is 14.9 Å². The first kappa shape index (κ1) is 25.7. The predicted octanol–water partition coefficient (Wildman–Crippen LogP) is 0.0787. The van der Waals surface area contributed by atoms with Crippen LogP contribution in [0.15, 0.2) is 46.2 Å². The number of methoxy groups -OCH3 is 1. The van der Waals surface area contributed by atoms with Gasteiger partial charge in [0.1, 0.15) is 4.90 Å². The van der Waals surface area contributed by atoms with Crippen molar-refractivity contribution < 1.29 is 39.3 Å². The number of carbonyl (C=O) groups excluding carboxylic acids is 2. The van der Waals surface area contributed by atoms with Crippen molar-refractivity contribution in [3.8, 4) is 11.5 Å². The first-order valence-electron chi connectivity index (χ1n) is 9.31. The summed E-state index contributed by atoms with van der Waals surface area (Å²) in [4.78, 5) is 25.7. The van der Waals surface area contributed by atoms with E-state index >= 15 is 0 Å². The fourth-order valence-electron chi connectivity index (χ4n) is 2.96. The van der Waals surface area contributed by atoms with Crippen LogP contribution in [0.5, 0.6) is 11.5 Å². The molecule has 0 aromatic heterocycles. The summed E-state index contributed by atoms with van der Waals surface area (Å²) < 4.78 is 36.2. The van der Waals surface area contributed by atoms with E-state index in [9.17, 15) is 18.0 Å². The van der Waals surface area contributed by atoms with E-state index in [2.05, 4.69) is 0 Å². The Morgan fingerprint density at radius 1 is 1.09 bits per heavy atom. The van der Waals surface area contributed by atoms with Gasteiger partial charge in [-0.05, 0) is 66.6 Å². The summed E-state index contributed by atoms with van der Waals surface area (Å²) in [7, 11) is -2.70. The van der Waals surface area contributed by atoms with Crippen LogP contribution >= 0.6 is 11.8 Å². The van der Waals surface area contributed by atoms with E-state index in [0.717, 1.165) is 22.2 Å². The van der Waals surface area contributed by atoms with Gasteiger partial charge in [0, 0.05) is 13.1 Å². The Kier molecular flexibility index (Phi) is 8.35. The number of ether oxygens (including phenoxy) is 1. The standard InChI is InChI=1S/C21H22N2O6S2.ClH/c1-13-4-5-14(2)19(10-13)31(26,27)29-16-7-6-15(11-17(16)28-3)12-18-20(24)23(9-8-22)21(25)30-18;/h4-7,10-12H,8-9,22H2,1-3H3;1H/p-1/b18-12-;. The summed E-state index contributed by atoms with van der Waals surface area (Å²) >= 11 is 0.819. The van der Waals surface area contributed by atoms with Crippen molar-refractivity contribution in [2.45, 2.75) is 18.7 Å². The van der Waals surface area contributed by atoms with Gasteiger partial charge in [-0.25, -0.2) is 0 Å². The number of amides is 2. The fraction of sp³-hybridized carbons (Fsp3) is 0.238. The molecule has 0 atom stereocenters. The maximum Gasteiger partial charge on any atom is 0.339 e. The maximum absolute atomic E-state index is 12.8. The average molecular weight is 498 g/mol. The van der Waals surface area contributed by atoms with E-state index in [-0.39, 0.29) is 52.0 Å². The molecule has 0 aliphatic carbocycles. The van der Waals surface area contributed by atoms with Gasteiger partial charge in [-0.3, -0.25) is 14.5 Å². The van der Waals surface area contributed by atoms with Gasteiger partial charge in [-0.1, -0.05) is 18.2 Å². The zero-order valence-corrected chi connectivity index (χ0v) is 20.0. The minimum absolute atomic E-state index is 0. The zero-order valence-electron chi connectivity index (χ0n) is 17.6. The second-order valence-electron chi connectivity index (χ2n) is 6.84. The lowest BCUT2D eigenvalue weighted by molar-refractivity contribution is -0.122. The highest BCUT2D eigenvalue weighted by molar-refractivity contribution is 8.18. The third kappa shape index (κ3) is 5.44. The normalized spacial score (nSPS) is 15.1. The van der Waals surface area contributed by atoms with Gasteiger partial charge < -0.3 is 27.1 Å². The smallest absolute Gasteiger partial charge is 0.339 e. The number of hydrogen-bond donors (Lipinski definition) is 1. The first-order valence-corrected chi connectivity index (χ1v) is 11.5. The van der Waals surface area contributed by atoms with Crippen LogP contribution in [0.25, 0.3) is 6.08 Å². The second-order valence-corrected chi connectivity index (χ2v) is 9.35. The molecule has 1 saturated heterocycles. The highest BCUT2D eigenvalue weighted by atomic mass is 35.5. The average Bonchev–Trinajstić information content (AvgIpc) is 2.98. The molecule has 1 heterocycles. The topological polar surface area (TPSA) is 116 Å². The number of carbonyl (C=O) groups is 2. The molecule has 0 saturated carbocycles. The highest BCUT2D eigenvalue weighted by Crippen LogP contribution is 2.35. The molecule has 172 valence electrons.